The fourth-order valence-electron chi connectivity index (χ4n) is 2.07. The average Bonchev–Trinajstić information content (AvgIpc) is 3.27. The number of nitrogens with zero attached hydrogens (tertiary/aromatic N) is 1. The van der Waals surface area contributed by atoms with Crippen LogP contribution in [0.25, 0.3) is 0 Å². The predicted molar refractivity (Wildman–Crippen MR) is 70.7 cm³/mol. The summed E-state index contributed by atoms with van der Waals surface area (Å²) >= 11 is 0. The Morgan fingerprint density at radius 1 is 1.37 bits per heavy atom. The summed E-state index contributed by atoms with van der Waals surface area (Å²) in [6, 6.07) is 5.38. The predicted octanol–water partition coefficient (Wildman–Crippen LogP) is 1.30. The molecule has 104 valence electrons. The quantitative estimate of drug-likeness (QED) is 0.842. The minimum absolute atomic E-state index is 0.0271. The summed E-state index contributed by atoms with van der Waals surface area (Å²) < 4.78 is 10.4. The number of aliphatic hydroxyl groups excluding tert-OH is 1. The van der Waals surface area contributed by atoms with Crippen molar-refractivity contribution in [1.82, 2.24) is 4.90 Å². The Kier molecular flexibility index (Phi) is 4.27. The first-order chi connectivity index (χ1) is 9.21. The molecule has 5 heteroatoms. The van der Waals surface area contributed by atoms with Crippen LogP contribution in [0.2, 0.25) is 0 Å². The highest BCUT2D eigenvalue weighted by molar-refractivity contribution is 5.97. The van der Waals surface area contributed by atoms with Crippen molar-refractivity contribution in [1.29, 1.82) is 0 Å². The lowest BCUT2D eigenvalue weighted by Crippen LogP contribution is -2.35. The summed E-state index contributed by atoms with van der Waals surface area (Å²) in [5, 5.41) is 9.07. The molecule has 0 saturated heterocycles. The van der Waals surface area contributed by atoms with Crippen LogP contribution >= 0.6 is 0 Å². The van der Waals surface area contributed by atoms with Gasteiger partial charge in [-0.25, -0.2) is 0 Å². The number of amides is 1. The molecule has 1 aromatic rings. The van der Waals surface area contributed by atoms with Crippen LogP contribution in [0.15, 0.2) is 18.2 Å². The van der Waals surface area contributed by atoms with E-state index in [-0.39, 0.29) is 18.6 Å². The maximum Gasteiger partial charge on any atom is 0.257 e. The van der Waals surface area contributed by atoms with E-state index >= 15 is 0 Å². The van der Waals surface area contributed by atoms with E-state index < -0.39 is 0 Å². The van der Waals surface area contributed by atoms with E-state index in [2.05, 4.69) is 0 Å². The Morgan fingerprint density at radius 2 is 2.11 bits per heavy atom. The van der Waals surface area contributed by atoms with Gasteiger partial charge in [-0.1, -0.05) is 0 Å². The summed E-state index contributed by atoms with van der Waals surface area (Å²) in [6.45, 7) is 0.333. The number of hydrogen-bond donors (Lipinski definition) is 1. The normalized spacial score (nSPS) is 14.1. The van der Waals surface area contributed by atoms with E-state index in [9.17, 15) is 4.79 Å². The van der Waals surface area contributed by atoms with Gasteiger partial charge in [0.15, 0.2) is 0 Å². The molecule has 1 amide bonds. The van der Waals surface area contributed by atoms with Crippen LogP contribution in [0.5, 0.6) is 11.5 Å². The molecule has 2 rings (SSSR count). The summed E-state index contributed by atoms with van der Waals surface area (Å²) in [7, 11) is 3.09. The van der Waals surface area contributed by atoms with Crippen LogP contribution in [0, 0.1) is 0 Å². The number of rotatable bonds is 6. The molecule has 1 fully saturated rings. The van der Waals surface area contributed by atoms with Gasteiger partial charge >= 0.3 is 0 Å². The zero-order valence-corrected chi connectivity index (χ0v) is 11.3. The standard InChI is InChI=1S/C14H19NO4/c1-18-11-5-6-12(13(9-11)19-2)14(17)15(7-8-16)10-3-4-10/h5-6,9-10,16H,3-4,7-8H2,1-2H3. The molecule has 1 aliphatic rings. The van der Waals surface area contributed by atoms with E-state index in [1.807, 2.05) is 0 Å². The van der Waals surface area contributed by atoms with Gasteiger partial charge < -0.3 is 19.5 Å². The summed E-state index contributed by atoms with van der Waals surface area (Å²) in [4.78, 5) is 14.2. The number of benzene rings is 1. The smallest absolute Gasteiger partial charge is 0.257 e. The molecular weight excluding hydrogens is 246 g/mol. The van der Waals surface area contributed by atoms with Gasteiger partial charge in [-0.2, -0.15) is 0 Å². The molecule has 1 aromatic carbocycles. The van der Waals surface area contributed by atoms with Gasteiger partial charge in [-0.05, 0) is 25.0 Å². The Bertz CT molecular complexity index is 457. The van der Waals surface area contributed by atoms with Gasteiger partial charge in [0.2, 0.25) is 0 Å². The topological polar surface area (TPSA) is 59.0 Å². The molecule has 5 nitrogen and oxygen atoms in total. The third-order valence-electron chi connectivity index (χ3n) is 3.23. The highest BCUT2D eigenvalue weighted by Crippen LogP contribution is 2.31. The zero-order valence-electron chi connectivity index (χ0n) is 11.3. The molecule has 0 unspecified atom stereocenters. The molecular formula is C14H19NO4. The van der Waals surface area contributed by atoms with Crippen LogP contribution < -0.4 is 9.47 Å². The Morgan fingerprint density at radius 3 is 2.63 bits per heavy atom. The summed E-state index contributed by atoms with van der Waals surface area (Å²) in [5.41, 5.74) is 0.503. The lowest BCUT2D eigenvalue weighted by Gasteiger charge is -2.22. The maximum absolute atomic E-state index is 12.5. The molecule has 1 saturated carbocycles. The molecule has 0 radical (unpaired) electrons. The Hall–Kier alpha value is -1.75. The lowest BCUT2D eigenvalue weighted by atomic mass is 10.1. The number of methoxy groups -OCH3 is 2. The van der Waals surface area contributed by atoms with Gasteiger partial charge in [0.25, 0.3) is 5.91 Å². The SMILES string of the molecule is COc1ccc(C(=O)N(CCO)C2CC2)c(OC)c1. The molecule has 1 aliphatic carbocycles. The number of hydrogen-bond acceptors (Lipinski definition) is 4. The molecule has 0 aliphatic heterocycles. The van der Waals surface area contributed by atoms with Crippen molar-refractivity contribution in [2.45, 2.75) is 18.9 Å². The lowest BCUT2D eigenvalue weighted by molar-refractivity contribution is 0.0704. The monoisotopic (exact) mass is 265 g/mol. The van der Waals surface area contributed by atoms with Crippen LogP contribution in [-0.2, 0) is 0 Å². The van der Waals surface area contributed by atoms with Crippen LogP contribution in [0.3, 0.4) is 0 Å². The Balaban J connectivity index is 2.26. The van der Waals surface area contributed by atoms with Crippen molar-refractivity contribution in [3.63, 3.8) is 0 Å². The molecule has 1 N–H and O–H groups in total. The largest absolute Gasteiger partial charge is 0.497 e. The summed E-state index contributed by atoms with van der Waals surface area (Å²) in [6.07, 6.45) is 2.01. The van der Waals surface area contributed by atoms with Crippen molar-refractivity contribution in [2.75, 3.05) is 27.4 Å². The van der Waals surface area contributed by atoms with Crippen molar-refractivity contribution < 1.29 is 19.4 Å². The summed E-state index contributed by atoms with van der Waals surface area (Å²) in [5.74, 6) is 1.04. The fourth-order valence-corrected chi connectivity index (χ4v) is 2.07. The third kappa shape index (κ3) is 2.98. The fraction of sp³-hybridized carbons (Fsp3) is 0.500. The molecule has 0 heterocycles. The average molecular weight is 265 g/mol. The first kappa shape index (κ1) is 13.7. The molecule has 0 spiro atoms. The third-order valence-corrected chi connectivity index (χ3v) is 3.23. The minimum Gasteiger partial charge on any atom is -0.497 e. The van der Waals surface area contributed by atoms with Crippen LogP contribution in [-0.4, -0.2) is 49.3 Å². The second-order valence-electron chi connectivity index (χ2n) is 4.52. The number of carbonyl (C=O) groups excluding carboxylic acids is 1. The molecule has 0 atom stereocenters. The van der Waals surface area contributed by atoms with E-state index in [0.29, 0.717) is 23.6 Å². The van der Waals surface area contributed by atoms with Crippen molar-refractivity contribution >= 4 is 5.91 Å². The van der Waals surface area contributed by atoms with Crippen LogP contribution in [0.1, 0.15) is 23.2 Å². The Labute approximate surface area is 112 Å². The number of ether oxygens (including phenoxy) is 2. The molecule has 19 heavy (non-hydrogen) atoms. The highest BCUT2D eigenvalue weighted by Gasteiger charge is 2.33. The second kappa shape index (κ2) is 5.93. The number of aliphatic hydroxyl groups is 1. The minimum atomic E-state index is -0.101. The van der Waals surface area contributed by atoms with Gasteiger partial charge in [0.05, 0.1) is 26.4 Å². The molecule has 0 aromatic heterocycles. The van der Waals surface area contributed by atoms with Crippen molar-refractivity contribution in [3.05, 3.63) is 23.8 Å². The first-order valence-electron chi connectivity index (χ1n) is 6.35. The highest BCUT2D eigenvalue weighted by atomic mass is 16.5. The maximum atomic E-state index is 12.5. The van der Waals surface area contributed by atoms with Gasteiger partial charge in [0, 0.05) is 18.7 Å². The zero-order chi connectivity index (χ0) is 13.8. The number of carbonyl (C=O) groups is 1. The van der Waals surface area contributed by atoms with Crippen LogP contribution in [0.4, 0.5) is 0 Å². The van der Waals surface area contributed by atoms with Crippen molar-refractivity contribution in [2.24, 2.45) is 0 Å². The van der Waals surface area contributed by atoms with E-state index in [4.69, 9.17) is 14.6 Å². The van der Waals surface area contributed by atoms with Gasteiger partial charge in [-0.3, -0.25) is 4.79 Å². The van der Waals surface area contributed by atoms with E-state index in [1.54, 1.807) is 30.2 Å². The second-order valence-corrected chi connectivity index (χ2v) is 4.52. The van der Waals surface area contributed by atoms with E-state index in [1.165, 1.54) is 7.11 Å². The van der Waals surface area contributed by atoms with Crippen molar-refractivity contribution in [3.8, 4) is 11.5 Å². The van der Waals surface area contributed by atoms with Gasteiger partial charge in [-0.15, -0.1) is 0 Å². The van der Waals surface area contributed by atoms with Gasteiger partial charge in [0.1, 0.15) is 11.5 Å². The first-order valence-corrected chi connectivity index (χ1v) is 6.35. The van der Waals surface area contributed by atoms with E-state index in [0.717, 1.165) is 12.8 Å². The molecule has 0 bridgehead atoms.